The van der Waals surface area contributed by atoms with E-state index < -0.39 is 11.3 Å². The van der Waals surface area contributed by atoms with E-state index >= 15 is 0 Å². The van der Waals surface area contributed by atoms with Crippen LogP contribution in [0, 0.1) is 0 Å². The van der Waals surface area contributed by atoms with Crippen molar-refractivity contribution in [3.63, 3.8) is 0 Å². The van der Waals surface area contributed by atoms with Crippen LogP contribution in [-0.2, 0) is 14.3 Å². The molecule has 6 heteroatoms. The molecule has 0 aromatic rings. The van der Waals surface area contributed by atoms with Gasteiger partial charge in [-0.15, -0.1) is 11.6 Å². The van der Waals surface area contributed by atoms with Gasteiger partial charge in [-0.1, -0.05) is 11.6 Å². The van der Waals surface area contributed by atoms with Crippen molar-refractivity contribution in [3.05, 3.63) is 10.9 Å². The van der Waals surface area contributed by atoms with Crippen LogP contribution < -0.4 is 0 Å². The van der Waals surface area contributed by atoms with Crippen molar-refractivity contribution < 1.29 is 14.3 Å². The summed E-state index contributed by atoms with van der Waals surface area (Å²) in [4.78, 5) is 22.1. The number of carbonyl (C=O) groups excluding carboxylic acids is 2. The molecule has 0 bridgehead atoms. The lowest BCUT2D eigenvalue weighted by Crippen LogP contribution is -2.16. The van der Waals surface area contributed by atoms with E-state index in [-0.39, 0.29) is 10.9 Å². The first-order chi connectivity index (χ1) is 5.57. The van der Waals surface area contributed by atoms with E-state index in [1.54, 1.807) is 0 Å². The van der Waals surface area contributed by atoms with Crippen LogP contribution in [0.2, 0.25) is 0 Å². The summed E-state index contributed by atoms with van der Waals surface area (Å²) in [6.45, 7) is 0. The Hall–Kier alpha value is -0.740. The predicted molar refractivity (Wildman–Crippen MR) is 42.4 cm³/mol. The highest BCUT2D eigenvalue weighted by Crippen LogP contribution is 2.29. The number of alkyl halides is 1. The summed E-state index contributed by atoms with van der Waals surface area (Å²) in [5.74, 6) is -0.665. The van der Waals surface area contributed by atoms with Crippen LogP contribution in [0.4, 0.5) is 0 Å². The minimum Gasteiger partial charge on any atom is -0.406 e. The number of hydrogen-bond acceptors (Lipinski definition) is 3. The first-order valence-electron chi connectivity index (χ1n) is 3.01. The number of halogens is 2. The summed E-state index contributed by atoms with van der Waals surface area (Å²) in [6.07, 6.45) is 0.472. The topological polar surface area (TPSA) is 46.6 Å². The molecule has 0 saturated carbocycles. The molecule has 0 saturated heterocycles. The predicted octanol–water partition coefficient (Wildman–Crippen LogP) is 0.647. The molecule has 0 unspecified atom stereocenters. The fourth-order valence-corrected chi connectivity index (χ4v) is 1.09. The molecule has 1 aliphatic heterocycles. The molecule has 0 aromatic carbocycles. The van der Waals surface area contributed by atoms with Crippen LogP contribution in [-0.4, -0.2) is 29.7 Å². The monoisotopic (exact) mass is 209 g/mol. The van der Waals surface area contributed by atoms with E-state index in [2.05, 4.69) is 4.74 Å². The molecular weight excluding hydrogens is 205 g/mol. The Morgan fingerprint density at radius 3 is 2.58 bits per heavy atom. The zero-order valence-electron chi connectivity index (χ0n) is 6.08. The molecule has 0 radical (unpaired) electrons. The summed E-state index contributed by atoms with van der Waals surface area (Å²) < 4.78 is 4.61. The van der Waals surface area contributed by atoms with Crippen molar-refractivity contribution in [2.45, 2.75) is 5.38 Å². The molecule has 1 atom stereocenters. The first-order valence-corrected chi connectivity index (χ1v) is 3.83. The standard InChI is InChI=1S/C6H5Cl2NO3/c1-9(2-10)5-3(7)4(8)6(11)12-5/h2,4H,1H3/t4-/m0/s1. The van der Waals surface area contributed by atoms with Gasteiger partial charge in [0.2, 0.25) is 12.3 Å². The van der Waals surface area contributed by atoms with Crippen LogP contribution in [0.3, 0.4) is 0 Å². The van der Waals surface area contributed by atoms with E-state index in [0.717, 1.165) is 4.90 Å². The molecule has 0 spiro atoms. The molecule has 1 amide bonds. The van der Waals surface area contributed by atoms with Gasteiger partial charge < -0.3 is 4.74 Å². The van der Waals surface area contributed by atoms with Crippen LogP contribution >= 0.6 is 23.2 Å². The number of carbonyl (C=O) groups is 2. The highest BCUT2D eigenvalue weighted by Gasteiger charge is 2.35. The van der Waals surface area contributed by atoms with Crippen molar-refractivity contribution in [2.75, 3.05) is 7.05 Å². The van der Waals surface area contributed by atoms with Crippen molar-refractivity contribution >= 4 is 35.6 Å². The van der Waals surface area contributed by atoms with E-state index in [9.17, 15) is 9.59 Å². The van der Waals surface area contributed by atoms with E-state index in [4.69, 9.17) is 23.2 Å². The molecule has 0 N–H and O–H groups in total. The SMILES string of the molecule is CN(C=O)C1=C(Cl)[C@H](Cl)C(=O)O1. The number of nitrogens with zero attached hydrogens (tertiary/aromatic N) is 1. The second kappa shape index (κ2) is 3.33. The third-order valence-electron chi connectivity index (χ3n) is 1.31. The summed E-state index contributed by atoms with van der Waals surface area (Å²) in [5, 5.41) is -0.958. The van der Waals surface area contributed by atoms with Gasteiger partial charge in [-0.2, -0.15) is 0 Å². The number of esters is 1. The maximum atomic E-state index is 10.8. The molecule has 0 aliphatic carbocycles. The minimum absolute atomic E-state index is 0.00309. The van der Waals surface area contributed by atoms with Crippen molar-refractivity contribution in [1.82, 2.24) is 4.90 Å². The first kappa shape index (κ1) is 9.35. The Bertz CT molecular complexity index is 264. The number of ether oxygens (including phenoxy) is 1. The Morgan fingerprint density at radius 1 is 1.67 bits per heavy atom. The molecule has 1 heterocycles. The van der Waals surface area contributed by atoms with Crippen molar-refractivity contribution in [2.24, 2.45) is 0 Å². The molecule has 12 heavy (non-hydrogen) atoms. The van der Waals surface area contributed by atoms with E-state index in [1.165, 1.54) is 7.05 Å². The quantitative estimate of drug-likeness (QED) is 0.381. The van der Waals surface area contributed by atoms with Crippen LogP contribution in [0.1, 0.15) is 0 Å². The Balaban J connectivity index is 2.91. The lowest BCUT2D eigenvalue weighted by molar-refractivity contribution is -0.138. The third kappa shape index (κ3) is 1.40. The van der Waals surface area contributed by atoms with Gasteiger partial charge in [0.1, 0.15) is 5.03 Å². The second-order valence-corrected chi connectivity index (χ2v) is 3.00. The summed E-state index contributed by atoms with van der Waals surface area (Å²) >= 11 is 11.1. The fourth-order valence-electron chi connectivity index (χ4n) is 0.696. The zero-order valence-corrected chi connectivity index (χ0v) is 7.59. The van der Waals surface area contributed by atoms with E-state index in [1.807, 2.05) is 0 Å². The molecule has 1 aliphatic rings. The maximum Gasteiger partial charge on any atom is 0.336 e. The van der Waals surface area contributed by atoms with Crippen LogP contribution in [0.15, 0.2) is 10.9 Å². The normalized spacial score (nSPS) is 22.6. The highest BCUT2D eigenvalue weighted by molar-refractivity contribution is 6.44. The average Bonchev–Trinajstić information content (AvgIpc) is 2.32. The van der Waals surface area contributed by atoms with E-state index in [0.29, 0.717) is 6.41 Å². The highest BCUT2D eigenvalue weighted by atomic mass is 35.5. The summed E-state index contributed by atoms with van der Waals surface area (Å²) in [7, 11) is 1.41. The van der Waals surface area contributed by atoms with Gasteiger partial charge >= 0.3 is 5.97 Å². The smallest absolute Gasteiger partial charge is 0.336 e. The molecule has 1 rings (SSSR count). The number of rotatable bonds is 2. The van der Waals surface area contributed by atoms with Gasteiger partial charge in [-0.3, -0.25) is 9.69 Å². The molecule has 66 valence electrons. The third-order valence-corrected chi connectivity index (χ3v) is 2.20. The number of hydrogen-bond donors (Lipinski definition) is 0. The van der Waals surface area contributed by atoms with Crippen LogP contribution in [0.25, 0.3) is 0 Å². The zero-order chi connectivity index (χ0) is 9.30. The number of amides is 1. The van der Waals surface area contributed by atoms with Crippen molar-refractivity contribution in [3.8, 4) is 0 Å². The van der Waals surface area contributed by atoms with Gasteiger partial charge in [-0.05, 0) is 0 Å². The molecule has 0 aromatic heterocycles. The average molecular weight is 210 g/mol. The maximum absolute atomic E-state index is 10.8. The van der Waals surface area contributed by atoms with Gasteiger partial charge in [0.25, 0.3) is 0 Å². The Labute approximate surface area is 78.7 Å². The van der Waals surface area contributed by atoms with Crippen LogP contribution in [0.5, 0.6) is 0 Å². The lowest BCUT2D eigenvalue weighted by Gasteiger charge is -2.09. The largest absolute Gasteiger partial charge is 0.406 e. The minimum atomic E-state index is -0.996. The summed E-state index contributed by atoms with van der Waals surface area (Å²) in [6, 6.07) is 0. The van der Waals surface area contributed by atoms with Crippen molar-refractivity contribution in [1.29, 1.82) is 0 Å². The van der Waals surface area contributed by atoms with Gasteiger partial charge in [0, 0.05) is 7.05 Å². The van der Waals surface area contributed by atoms with Gasteiger partial charge in [-0.25, -0.2) is 4.79 Å². The Morgan fingerprint density at radius 2 is 2.25 bits per heavy atom. The Kier molecular flexibility index (Phi) is 2.59. The van der Waals surface area contributed by atoms with Gasteiger partial charge in [0.05, 0.1) is 0 Å². The molecule has 0 fully saturated rings. The lowest BCUT2D eigenvalue weighted by atomic mass is 10.4. The molecular formula is C6H5Cl2NO3. The molecule has 4 nitrogen and oxygen atoms in total. The number of cyclic esters (lactones) is 1. The van der Waals surface area contributed by atoms with Gasteiger partial charge in [0.15, 0.2) is 5.38 Å². The summed E-state index contributed by atoms with van der Waals surface area (Å²) in [5.41, 5.74) is 0. The fraction of sp³-hybridized carbons (Fsp3) is 0.333. The second-order valence-electron chi connectivity index (χ2n) is 2.15.